The number of amides is 1. The van der Waals surface area contributed by atoms with Gasteiger partial charge < -0.3 is 10.2 Å². The van der Waals surface area contributed by atoms with Crippen molar-refractivity contribution < 1.29 is 9.18 Å². The number of carbonyl (C=O) groups is 1. The van der Waals surface area contributed by atoms with Gasteiger partial charge in [-0.2, -0.15) is 5.10 Å². The normalized spacial score (nSPS) is 17.1. The maximum Gasteiger partial charge on any atom is 0.274 e. The molecule has 0 unspecified atom stereocenters. The first-order valence-corrected chi connectivity index (χ1v) is 10.1. The first-order valence-electron chi connectivity index (χ1n) is 10.1. The number of hydrogen-bond donors (Lipinski definition) is 1. The van der Waals surface area contributed by atoms with Crippen LogP contribution in [0.15, 0.2) is 24.3 Å². The van der Waals surface area contributed by atoms with Crippen molar-refractivity contribution in [1.82, 2.24) is 20.0 Å². The number of fused-ring (bicyclic) bond motifs is 1. The van der Waals surface area contributed by atoms with Crippen molar-refractivity contribution in [3.8, 4) is 5.69 Å². The highest BCUT2D eigenvalue weighted by Crippen LogP contribution is 2.30. The summed E-state index contributed by atoms with van der Waals surface area (Å²) in [7, 11) is 0. The van der Waals surface area contributed by atoms with Crippen LogP contribution in [-0.2, 0) is 12.8 Å². The molecule has 4 rings (SSSR count). The summed E-state index contributed by atoms with van der Waals surface area (Å²) in [4.78, 5) is 15.5. The minimum atomic E-state index is -0.308. The topological polar surface area (TPSA) is 50.2 Å². The van der Waals surface area contributed by atoms with Gasteiger partial charge in [-0.25, -0.2) is 9.07 Å². The number of hydrogen-bond acceptors (Lipinski definition) is 3. The molecule has 1 aromatic heterocycles. The Balaban J connectivity index is 1.71. The minimum Gasteiger partial charge on any atom is -0.334 e. The first-order chi connectivity index (χ1) is 13.2. The third-order valence-electron chi connectivity index (χ3n) is 5.69. The number of piperidine rings is 1. The molecule has 0 saturated carbocycles. The van der Waals surface area contributed by atoms with E-state index >= 15 is 0 Å². The summed E-state index contributed by atoms with van der Waals surface area (Å²) >= 11 is 0. The number of rotatable bonds is 5. The Morgan fingerprint density at radius 1 is 1.30 bits per heavy atom. The van der Waals surface area contributed by atoms with E-state index in [1.165, 1.54) is 6.07 Å². The van der Waals surface area contributed by atoms with Gasteiger partial charge in [-0.1, -0.05) is 19.1 Å². The zero-order valence-electron chi connectivity index (χ0n) is 15.9. The largest absolute Gasteiger partial charge is 0.334 e. The van der Waals surface area contributed by atoms with Crippen LogP contribution in [0.5, 0.6) is 0 Å². The average molecular weight is 370 g/mol. The van der Waals surface area contributed by atoms with Crippen molar-refractivity contribution in [3.63, 3.8) is 0 Å². The molecular weight excluding hydrogens is 343 g/mol. The fourth-order valence-corrected chi connectivity index (χ4v) is 4.38. The van der Waals surface area contributed by atoms with Crippen LogP contribution < -0.4 is 5.32 Å². The number of carbonyl (C=O) groups excluding carboxylic acids is 1. The van der Waals surface area contributed by atoms with Gasteiger partial charge in [-0.15, -0.1) is 0 Å². The highest BCUT2D eigenvalue weighted by Gasteiger charge is 2.33. The van der Waals surface area contributed by atoms with Gasteiger partial charge in [-0.3, -0.25) is 4.79 Å². The van der Waals surface area contributed by atoms with Crippen molar-refractivity contribution in [2.24, 2.45) is 0 Å². The lowest BCUT2D eigenvalue weighted by Gasteiger charge is -2.34. The molecule has 1 aliphatic carbocycles. The molecule has 0 atom stereocenters. The fourth-order valence-electron chi connectivity index (χ4n) is 4.38. The summed E-state index contributed by atoms with van der Waals surface area (Å²) in [6.45, 7) is 4.73. The average Bonchev–Trinajstić information content (AvgIpc) is 3.30. The molecule has 1 aromatic carbocycles. The van der Waals surface area contributed by atoms with E-state index in [2.05, 4.69) is 17.3 Å². The summed E-state index contributed by atoms with van der Waals surface area (Å²) in [6.07, 6.45) is 5.54. The van der Waals surface area contributed by atoms with E-state index in [0.717, 1.165) is 69.4 Å². The maximum absolute atomic E-state index is 14.4. The Morgan fingerprint density at radius 3 is 2.81 bits per heavy atom. The van der Waals surface area contributed by atoms with Crippen LogP contribution in [0.4, 0.5) is 4.39 Å². The second-order valence-electron chi connectivity index (χ2n) is 7.47. The number of para-hydroxylation sites is 1. The smallest absolute Gasteiger partial charge is 0.274 e. The molecule has 1 N–H and O–H groups in total. The molecule has 2 heterocycles. The maximum atomic E-state index is 14.4. The SMILES string of the molecule is CCCN(C(=O)c1nn(-c2ccccc2F)c2c1CCC2)C1CCNCC1. The Hall–Kier alpha value is -2.21. The molecule has 2 aromatic rings. The Bertz CT molecular complexity index is 826. The Kier molecular flexibility index (Phi) is 5.25. The van der Waals surface area contributed by atoms with Crippen LogP contribution in [0.25, 0.3) is 5.69 Å². The molecule has 6 heteroatoms. The van der Waals surface area contributed by atoms with Crippen molar-refractivity contribution >= 4 is 5.91 Å². The molecule has 0 bridgehead atoms. The first kappa shape index (κ1) is 18.2. The molecule has 1 saturated heterocycles. The van der Waals surface area contributed by atoms with E-state index in [4.69, 9.17) is 0 Å². The lowest BCUT2D eigenvalue weighted by atomic mass is 10.0. The number of aromatic nitrogens is 2. The molecule has 5 nitrogen and oxygen atoms in total. The lowest BCUT2D eigenvalue weighted by molar-refractivity contribution is 0.0635. The van der Waals surface area contributed by atoms with E-state index in [-0.39, 0.29) is 17.8 Å². The van der Waals surface area contributed by atoms with Crippen molar-refractivity contribution in [2.45, 2.75) is 51.5 Å². The molecule has 1 amide bonds. The summed E-state index contributed by atoms with van der Waals surface area (Å²) in [6, 6.07) is 6.91. The van der Waals surface area contributed by atoms with Crippen LogP contribution in [0.1, 0.15) is 54.4 Å². The van der Waals surface area contributed by atoms with Gasteiger partial charge in [0, 0.05) is 23.8 Å². The molecule has 2 aliphatic rings. The van der Waals surface area contributed by atoms with Gasteiger partial charge in [0.1, 0.15) is 11.5 Å². The second kappa shape index (κ2) is 7.80. The van der Waals surface area contributed by atoms with Gasteiger partial charge in [0.2, 0.25) is 0 Å². The molecule has 0 radical (unpaired) electrons. The van der Waals surface area contributed by atoms with E-state index in [1.54, 1.807) is 22.9 Å². The zero-order chi connectivity index (χ0) is 18.8. The molecule has 144 valence electrons. The Morgan fingerprint density at radius 2 is 2.07 bits per heavy atom. The number of halogens is 1. The lowest BCUT2D eigenvalue weighted by Crippen LogP contribution is -2.46. The van der Waals surface area contributed by atoms with E-state index in [1.807, 2.05) is 4.90 Å². The standard InChI is InChI=1S/C21H27FN4O/c1-2-14-25(15-10-12-23-13-11-15)21(27)20-16-6-5-9-18(16)26(24-20)19-8-4-3-7-17(19)22/h3-4,7-8,15,23H,2,5-6,9-14H2,1H3. The van der Waals surface area contributed by atoms with Crippen LogP contribution in [0.2, 0.25) is 0 Å². The predicted molar refractivity (Wildman–Crippen MR) is 103 cm³/mol. The number of nitrogens with one attached hydrogen (secondary N) is 1. The van der Waals surface area contributed by atoms with E-state index in [0.29, 0.717) is 11.4 Å². The number of benzene rings is 1. The van der Waals surface area contributed by atoms with E-state index in [9.17, 15) is 9.18 Å². The van der Waals surface area contributed by atoms with Gasteiger partial charge in [-0.05, 0) is 63.7 Å². The quantitative estimate of drug-likeness (QED) is 0.880. The third kappa shape index (κ3) is 3.38. The molecule has 27 heavy (non-hydrogen) atoms. The van der Waals surface area contributed by atoms with Crippen LogP contribution in [-0.4, -0.2) is 46.3 Å². The van der Waals surface area contributed by atoms with Gasteiger partial charge >= 0.3 is 0 Å². The van der Waals surface area contributed by atoms with Crippen molar-refractivity contribution in [2.75, 3.05) is 19.6 Å². The van der Waals surface area contributed by atoms with Crippen LogP contribution in [0, 0.1) is 5.82 Å². The minimum absolute atomic E-state index is 0.0111. The molecular formula is C21H27FN4O. The third-order valence-corrected chi connectivity index (χ3v) is 5.69. The van der Waals surface area contributed by atoms with Crippen molar-refractivity contribution in [3.05, 3.63) is 47.0 Å². The number of nitrogens with zero attached hydrogens (tertiary/aromatic N) is 3. The van der Waals surface area contributed by atoms with Gasteiger partial charge in [0.15, 0.2) is 5.69 Å². The summed E-state index contributed by atoms with van der Waals surface area (Å²) in [5.41, 5.74) is 2.96. The predicted octanol–water partition coefficient (Wildman–Crippen LogP) is 3.10. The Labute approximate surface area is 159 Å². The zero-order valence-corrected chi connectivity index (χ0v) is 15.9. The molecule has 1 aliphatic heterocycles. The summed E-state index contributed by atoms with van der Waals surface area (Å²) in [5, 5.41) is 8.00. The fraction of sp³-hybridized carbons (Fsp3) is 0.524. The highest BCUT2D eigenvalue weighted by atomic mass is 19.1. The van der Waals surface area contributed by atoms with Gasteiger partial charge in [0.25, 0.3) is 5.91 Å². The summed E-state index contributed by atoms with van der Waals surface area (Å²) in [5.74, 6) is -0.297. The monoisotopic (exact) mass is 370 g/mol. The molecule has 1 fully saturated rings. The van der Waals surface area contributed by atoms with Crippen LogP contribution in [0.3, 0.4) is 0 Å². The second-order valence-corrected chi connectivity index (χ2v) is 7.47. The summed E-state index contributed by atoms with van der Waals surface area (Å²) < 4.78 is 16.0. The molecule has 0 spiro atoms. The highest BCUT2D eigenvalue weighted by molar-refractivity contribution is 5.94. The van der Waals surface area contributed by atoms with Crippen molar-refractivity contribution in [1.29, 1.82) is 0 Å². The van der Waals surface area contributed by atoms with E-state index < -0.39 is 0 Å². The van der Waals surface area contributed by atoms with Crippen LogP contribution >= 0.6 is 0 Å². The van der Waals surface area contributed by atoms with Gasteiger partial charge in [0.05, 0.1) is 0 Å².